The Hall–Kier alpha value is -2.21. The Morgan fingerprint density at radius 3 is 2.39 bits per heavy atom. The number of benzene rings is 1. The van der Waals surface area contributed by atoms with Crippen molar-refractivity contribution in [1.82, 2.24) is 9.80 Å². The Labute approximate surface area is 135 Å². The summed E-state index contributed by atoms with van der Waals surface area (Å²) in [5.41, 5.74) is 6.28. The number of carbonyl (C=O) groups is 3. The summed E-state index contributed by atoms with van der Waals surface area (Å²) < 4.78 is 0. The number of piperidine rings is 1. The van der Waals surface area contributed by atoms with E-state index in [1.165, 1.54) is 4.90 Å². The Morgan fingerprint density at radius 2 is 1.78 bits per heavy atom. The van der Waals surface area contributed by atoms with Gasteiger partial charge in [-0.25, -0.2) is 0 Å². The lowest BCUT2D eigenvalue weighted by molar-refractivity contribution is -0.140. The third-order valence-corrected chi connectivity index (χ3v) is 4.78. The number of hydrogen-bond donors (Lipinski definition) is 1. The largest absolute Gasteiger partial charge is 0.369 e. The maximum atomic E-state index is 12.6. The van der Waals surface area contributed by atoms with Gasteiger partial charge in [-0.05, 0) is 31.5 Å². The first kappa shape index (κ1) is 15.7. The van der Waals surface area contributed by atoms with Gasteiger partial charge in [-0.1, -0.05) is 30.3 Å². The van der Waals surface area contributed by atoms with Gasteiger partial charge >= 0.3 is 0 Å². The molecule has 2 aliphatic heterocycles. The number of primary amides is 1. The van der Waals surface area contributed by atoms with Crippen molar-refractivity contribution in [3.05, 3.63) is 35.9 Å². The molecule has 2 aliphatic rings. The average molecular weight is 315 g/mol. The highest BCUT2D eigenvalue weighted by molar-refractivity contribution is 6.05. The van der Waals surface area contributed by atoms with Crippen LogP contribution in [-0.4, -0.2) is 46.7 Å². The van der Waals surface area contributed by atoms with E-state index in [0.29, 0.717) is 32.5 Å². The Bertz CT molecular complexity index is 609. The summed E-state index contributed by atoms with van der Waals surface area (Å²) in [7, 11) is 0. The Morgan fingerprint density at radius 1 is 1.13 bits per heavy atom. The molecule has 3 amide bonds. The maximum absolute atomic E-state index is 12.6. The van der Waals surface area contributed by atoms with E-state index in [1.54, 1.807) is 0 Å². The van der Waals surface area contributed by atoms with Gasteiger partial charge in [0, 0.05) is 5.92 Å². The highest BCUT2D eigenvalue weighted by Crippen LogP contribution is 2.25. The Kier molecular flexibility index (Phi) is 4.43. The fraction of sp³-hybridized carbons (Fsp3) is 0.471. The second-order valence-electron chi connectivity index (χ2n) is 6.24. The van der Waals surface area contributed by atoms with Crippen molar-refractivity contribution >= 4 is 17.7 Å². The molecule has 0 unspecified atom stereocenters. The van der Waals surface area contributed by atoms with E-state index >= 15 is 0 Å². The molecule has 6 nitrogen and oxygen atoms in total. The van der Waals surface area contributed by atoms with Gasteiger partial charge in [0.15, 0.2) is 0 Å². The molecule has 0 saturated carbocycles. The van der Waals surface area contributed by atoms with E-state index in [1.807, 2.05) is 35.2 Å². The lowest BCUT2D eigenvalue weighted by Gasteiger charge is -2.33. The minimum Gasteiger partial charge on any atom is -0.369 e. The molecule has 2 saturated heterocycles. The van der Waals surface area contributed by atoms with E-state index in [4.69, 9.17) is 5.73 Å². The van der Waals surface area contributed by atoms with Crippen LogP contribution in [0, 0.1) is 5.92 Å². The van der Waals surface area contributed by atoms with Crippen molar-refractivity contribution in [3.8, 4) is 0 Å². The monoisotopic (exact) mass is 315 g/mol. The zero-order chi connectivity index (χ0) is 16.4. The molecule has 3 rings (SSSR count). The van der Waals surface area contributed by atoms with Gasteiger partial charge < -0.3 is 5.73 Å². The quantitative estimate of drug-likeness (QED) is 0.821. The van der Waals surface area contributed by atoms with Crippen LogP contribution in [0.5, 0.6) is 0 Å². The Balaban J connectivity index is 1.64. The number of rotatable bonds is 4. The van der Waals surface area contributed by atoms with Crippen LogP contribution in [0.2, 0.25) is 0 Å². The van der Waals surface area contributed by atoms with Gasteiger partial charge in [0.2, 0.25) is 17.7 Å². The minimum absolute atomic E-state index is 0.112. The van der Waals surface area contributed by atoms with Crippen LogP contribution in [0.4, 0.5) is 0 Å². The van der Waals surface area contributed by atoms with Gasteiger partial charge in [0.1, 0.15) is 0 Å². The topological polar surface area (TPSA) is 83.7 Å². The number of carbonyl (C=O) groups excluding carboxylic acids is 3. The molecule has 0 spiro atoms. The van der Waals surface area contributed by atoms with E-state index in [0.717, 1.165) is 5.56 Å². The smallest absolute Gasteiger partial charge is 0.247 e. The highest BCUT2D eigenvalue weighted by atomic mass is 16.2. The zero-order valence-corrected chi connectivity index (χ0v) is 13.0. The molecule has 1 aromatic rings. The fourth-order valence-electron chi connectivity index (χ4n) is 3.38. The van der Waals surface area contributed by atoms with Crippen LogP contribution in [0.3, 0.4) is 0 Å². The lowest BCUT2D eigenvalue weighted by atomic mass is 9.95. The van der Waals surface area contributed by atoms with Gasteiger partial charge in [-0.3, -0.25) is 24.2 Å². The van der Waals surface area contributed by atoms with E-state index in [9.17, 15) is 14.4 Å². The summed E-state index contributed by atoms with van der Waals surface area (Å²) >= 11 is 0. The second kappa shape index (κ2) is 6.50. The van der Waals surface area contributed by atoms with Gasteiger partial charge in [-0.15, -0.1) is 0 Å². The van der Waals surface area contributed by atoms with E-state index in [-0.39, 0.29) is 36.1 Å². The molecule has 2 fully saturated rings. The van der Waals surface area contributed by atoms with Crippen molar-refractivity contribution in [1.29, 1.82) is 0 Å². The molecule has 1 aromatic carbocycles. The first-order valence-electron chi connectivity index (χ1n) is 7.98. The molecule has 0 aromatic heterocycles. The van der Waals surface area contributed by atoms with Crippen molar-refractivity contribution in [3.63, 3.8) is 0 Å². The normalized spacial score (nSPS) is 23.5. The zero-order valence-electron chi connectivity index (χ0n) is 13.0. The third kappa shape index (κ3) is 3.27. The van der Waals surface area contributed by atoms with E-state index in [2.05, 4.69) is 0 Å². The van der Waals surface area contributed by atoms with Gasteiger partial charge in [0.05, 0.1) is 19.0 Å². The van der Waals surface area contributed by atoms with Crippen LogP contribution >= 0.6 is 0 Å². The first-order valence-corrected chi connectivity index (χ1v) is 7.98. The molecule has 2 N–H and O–H groups in total. The van der Waals surface area contributed by atoms with Crippen molar-refractivity contribution in [2.24, 2.45) is 11.7 Å². The van der Waals surface area contributed by atoms with Crippen LogP contribution in [0.1, 0.15) is 24.8 Å². The van der Waals surface area contributed by atoms with Crippen molar-refractivity contribution < 1.29 is 14.4 Å². The third-order valence-electron chi connectivity index (χ3n) is 4.78. The van der Waals surface area contributed by atoms with Crippen LogP contribution in [0.15, 0.2) is 30.3 Å². The summed E-state index contributed by atoms with van der Waals surface area (Å²) in [6.45, 7) is 1.60. The highest BCUT2D eigenvalue weighted by Gasteiger charge is 2.42. The van der Waals surface area contributed by atoms with Gasteiger partial charge in [0.25, 0.3) is 0 Å². The SMILES string of the molecule is NC(=O)C1CCN([C@H]2CC(=O)N(Cc3ccccc3)C2=O)CC1. The number of nitrogens with two attached hydrogens (primary N) is 1. The van der Waals surface area contributed by atoms with Gasteiger partial charge in [-0.2, -0.15) is 0 Å². The lowest BCUT2D eigenvalue weighted by Crippen LogP contribution is -2.47. The second-order valence-corrected chi connectivity index (χ2v) is 6.24. The number of likely N-dealkylation sites (tertiary alicyclic amines) is 2. The first-order chi connectivity index (χ1) is 11.1. The van der Waals surface area contributed by atoms with E-state index < -0.39 is 0 Å². The molecular weight excluding hydrogens is 294 g/mol. The molecule has 0 aliphatic carbocycles. The van der Waals surface area contributed by atoms with Crippen molar-refractivity contribution in [2.75, 3.05) is 13.1 Å². The summed E-state index contributed by atoms with van der Waals surface area (Å²) in [5.74, 6) is -0.639. The molecule has 0 radical (unpaired) electrons. The summed E-state index contributed by atoms with van der Waals surface area (Å²) in [5, 5.41) is 0. The molecule has 0 bridgehead atoms. The summed E-state index contributed by atoms with van der Waals surface area (Å²) in [4.78, 5) is 39.4. The summed E-state index contributed by atoms with van der Waals surface area (Å²) in [6, 6.07) is 9.13. The fourth-order valence-corrected chi connectivity index (χ4v) is 3.38. The predicted molar refractivity (Wildman–Crippen MR) is 83.9 cm³/mol. The van der Waals surface area contributed by atoms with Crippen LogP contribution < -0.4 is 5.73 Å². The molecule has 2 heterocycles. The van der Waals surface area contributed by atoms with Crippen LogP contribution in [-0.2, 0) is 20.9 Å². The maximum Gasteiger partial charge on any atom is 0.247 e. The standard InChI is InChI=1S/C17H21N3O3/c18-16(22)13-6-8-19(9-7-13)14-10-15(21)20(17(14)23)11-12-4-2-1-3-5-12/h1-5,13-14H,6-11H2,(H2,18,22)/t14-/m0/s1. The summed E-state index contributed by atoms with van der Waals surface area (Å²) in [6.07, 6.45) is 1.55. The molecule has 23 heavy (non-hydrogen) atoms. The predicted octanol–water partition coefficient (Wildman–Crippen LogP) is 0.511. The average Bonchev–Trinajstić information content (AvgIpc) is 2.84. The molecule has 122 valence electrons. The number of nitrogens with zero attached hydrogens (tertiary/aromatic N) is 2. The minimum atomic E-state index is -0.389. The number of amides is 3. The number of imide groups is 1. The molecule has 1 atom stereocenters. The molecular formula is C17H21N3O3. The number of hydrogen-bond acceptors (Lipinski definition) is 4. The van der Waals surface area contributed by atoms with Crippen LogP contribution in [0.25, 0.3) is 0 Å². The van der Waals surface area contributed by atoms with Crippen molar-refractivity contribution in [2.45, 2.75) is 31.8 Å². The molecule has 6 heteroatoms.